The van der Waals surface area contributed by atoms with E-state index in [9.17, 15) is 0 Å². The van der Waals surface area contributed by atoms with Crippen molar-refractivity contribution < 1.29 is 0 Å². The Morgan fingerprint density at radius 3 is 2.45 bits per heavy atom. The first-order valence-corrected chi connectivity index (χ1v) is 6.72. The summed E-state index contributed by atoms with van der Waals surface area (Å²) in [5.74, 6) is 0. The topological polar surface area (TPSA) is 56.2 Å². The highest BCUT2D eigenvalue weighted by Gasteiger charge is 2.10. The molecule has 0 unspecified atom stereocenters. The number of hydrogen-bond donors (Lipinski definition) is 1. The molecule has 4 heteroatoms. The number of nitrogens with zero attached hydrogens (tertiary/aromatic N) is 3. The van der Waals surface area contributed by atoms with Crippen molar-refractivity contribution in [3.63, 3.8) is 0 Å². The highest BCUT2D eigenvalue weighted by molar-refractivity contribution is 5.68. The van der Waals surface area contributed by atoms with Gasteiger partial charge in [-0.05, 0) is 44.0 Å². The first-order chi connectivity index (χ1) is 9.58. The van der Waals surface area contributed by atoms with Gasteiger partial charge in [-0.1, -0.05) is 17.7 Å². The van der Waals surface area contributed by atoms with Gasteiger partial charge in [-0.15, -0.1) is 0 Å². The normalized spacial score (nSPS) is 11.2. The Balaban J connectivity index is 2.19. The molecule has 3 rings (SSSR count). The molecule has 20 heavy (non-hydrogen) atoms. The SMILES string of the molecule is Cc1cc(C)c(-c2ccc3nc(CN)cn3n2)c(C)c1. The van der Waals surface area contributed by atoms with Crippen molar-refractivity contribution >= 4 is 5.65 Å². The molecule has 0 fully saturated rings. The van der Waals surface area contributed by atoms with E-state index in [0.29, 0.717) is 6.54 Å². The van der Waals surface area contributed by atoms with Crippen LogP contribution in [-0.2, 0) is 6.54 Å². The minimum absolute atomic E-state index is 0.432. The molecule has 3 aromatic rings. The van der Waals surface area contributed by atoms with E-state index in [1.165, 1.54) is 22.3 Å². The monoisotopic (exact) mass is 266 g/mol. The second-order valence-corrected chi connectivity index (χ2v) is 5.23. The van der Waals surface area contributed by atoms with Gasteiger partial charge in [0.1, 0.15) is 0 Å². The average molecular weight is 266 g/mol. The van der Waals surface area contributed by atoms with Crippen molar-refractivity contribution in [3.8, 4) is 11.3 Å². The molecule has 2 N–H and O–H groups in total. The molecule has 0 radical (unpaired) electrons. The quantitative estimate of drug-likeness (QED) is 0.776. The Hall–Kier alpha value is -2.20. The first kappa shape index (κ1) is 12.8. The minimum atomic E-state index is 0.432. The molecule has 4 nitrogen and oxygen atoms in total. The van der Waals surface area contributed by atoms with Crippen LogP contribution in [0.25, 0.3) is 16.9 Å². The zero-order valence-corrected chi connectivity index (χ0v) is 12.0. The molecule has 0 saturated carbocycles. The average Bonchev–Trinajstić information content (AvgIpc) is 2.79. The van der Waals surface area contributed by atoms with Crippen molar-refractivity contribution in [2.75, 3.05) is 0 Å². The number of hydrogen-bond acceptors (Lipinski definition) is 3. The van der Waals surface area contributed by atoms with Crippen molar-refractivity contribution in [2.24, 2.45) is 5.73 Å². The van der Waals surface area contributed by atoms with Crippen molar-refractivity contribution in [1.82, 2.24) is 14.6 Å². The fraction of sp³-hybridized carbons (Fsp3) is 0.250. The summed E-state index contributed by atoms with van der Waals surface area (Å²) in [6.45, 7) is 6.80. The summed E-state index contributed by atoms with van der Waals surface area (Å²) in [5.41, 5.74) is 13.2. The number of benzene rings is 1. The number of aromatic nitrogens is 3. The summed E-state index contributed by atoms with van der Waals surface area (Å²) in [6, 6.07) is 8.38. The van der Waals surface area contributed by atoms with E-state index in [2.05, 4.69) is 43.0 Å². The van der Waals surface area contributed by atoms with Gasteiger partial charge in [-0.3, -0.25) is 0 Å². The second kappa shape index (κ2) is 4.72. The number of imidazole rings is 1. The van der Waals surface area contributed by atoms with E-state index in [-0.39, 0.29) is 0 Å². The van der Waals surface area contributed by atoms with Crippen LogP contribution in [0.2, 0.25) is 0 Å². The minimum Gasteiger partial charge on any atom is -0.325 e. The van der Waals surface area contributed by atoms with Crippen LogP contribution in [0.5, 0.6) is 0 Å². The number of nitrogens with two attached hydrogens (primary N) is 1. The van der Waals surface area contributed by atoms with Crippen LogP contribution in [0.15, 0.2) is 30.5 Å². The van der Waals surface area contributed by atoms with E-state index < -0.39 is 0 Å². The fourth-order valence-corrected chi connectivity index (χ4v) is 2.75. The van der Waals surface area contributed by atoms with E-state index in [0.717, 1.165) is 17.0 Å². The summed E-state index contributed by atoms with van der Waals surface area (Å²) in [5, 5.41) is 4.66. The van der Waals surface area contributed by atoms with Crippen LogP contribution in [0.1, 0.15) is 22.4 Å². The van der Waals surface area contributed by atoms with Gasteiger partial charge in [-0.2, -0.15) is 5.10 Å². The lowest BCUT2D eigenvalue weighted by atomic mass is 9.97. The Morgan fingerprint density at radius 1 is 1.10 bits per heavy atom. The summed E-state index contributed by atoms with van der Waals surface area (Å²) < 4.78 is 1.80. The molecule has 0 spiro atoms. The number of fused-ring (bicyclic) bond motifs is 1. The van der Waals surface area contributed by atoms with Gasteiger partial charge >= 0.3 is 0 Å². The van der Waals surface area contributed by atoms with Gasteiger partial charge in [0.2, 0.25) is 0 Å². The maximum Gasteiger partial charge on any atom is 0.153 e. The zero-order chi connectivity index (χ0) is 14.3. The summed E-state index contributed by atoms with van der Waals surface area (Å²) in [4.78, 5) is 4.40. The Labute approximate surface area is 118 Å². The maximum atomic E-state index is 5.62. The molecule has 0 amide bonds. The lowest BCUT2D eigenvalue weighted by Gasteiger charge is -2.10. The highest BCUT2D eigenvalue weighted by atomic mass is 15.2. The predicted octanol–water partition coefficient (Wildman–Crippen LogP) is 2.78. The van der Waals surface area contributed by atoms with Crippen LogP contribution in [-0.4, -0.2) is 14.6 Å². The largest absolute Gasteiger partial charge is 0.325 e. The van der Waals surface area contributed by atoms with Gasteiger partial charge in [0.25, 0.3) is 0 Å². The molecule has 2 aromatic heterocycles. The van der Waals surface area contributed by atoms with Gasteiger partial charge < -0.3 is 5.73 Å². The van der Waals surface area contributed by atoms with Crippen molar-refractivity contribution in [3.05, 3.63) is 52.8 Å². The third kappa shape index (κ3) is 2.08. The van der Waals surface area contributed by atoms with Crippen LogP contribution in [0.4, 0.5) is 0 Å². The molecule has 102 valence electrons. The van der Waals surface area contributed by atoms with Gasteiger partial charge in [0.15, 0.2) is 5.65 Å². The summed E-state index contributed by atoms with van der Waals surface area (Å²) >= 11 is 0. The van der Waals surface area contributed by atoms with Crippen LogP contribution in [0, 0.1) is 20.8 Å². The molecule has 0 atom stereocenters. The van der Waals surface area contributed by atoms with E-state index in [4.69, 9.17) is 5.73 Å². The summed E-state index contributed by atoms with van der Waals surface area (Å²) in [7, 11) is 0. The lowest BCUT2D eigenvalue weighted by molar-refractivity contribution is 0.932. The fourth-order valence-electron chi connectivity index (χ4n) is 2.75. The van der Waals surface area contributed by atoms with Gasteiger partial charge in [0.05, 0.1) is 17.6 Å². The van der Waals surface area contributed by atoms with Crippen LogP contribution >= 0.6 is 0 Å². The molecule has 0 saturated heterocycles. The third-order valence-electron chi connectivity index (χ3n) is 3.51. The first-order valence-electron chi connectivity index (χ1n) is 6.72. The van der Waals surface area contributed by atoms with Crippen molar-refractivity contribution in [2.45, 2.75) is 27.3 Å². The van der Waals surface area contributed by atoms with Crippen molar-refractivity contribution in [1.29, 1.82) is 0 Å². The van der Waals surface area contributed by atoms with E-state index in [1.54, 1.807) is 4.52 Å². The second-order valence-electron chi connectivity index (χ2n) is 5.23. The van der Waals surface area contributed by atoms with E-state index >= 15 is 0 Å². The molecule has 0 bridgehead atoms. The van der Waals surface area contributed by atoms with Crippen LogP contribution in [0.3, 0.4) is 0 Å². The molecule has 0 aliphatic rings. The molecule has 1 aromatic carbocycles. The number of aryl methyl sites for hydroxylation is 3. The van der Waals surface area contributed by atoms with Gasteiger partial charge in [-0.25, -0.2) is 9.50 Å². The Kier molecular flexibility index (Phi) is 3.03. The summed E-state index contributed by atoms with van der Waals surface area (Å²) in [6.07, 6.45) is 1.89. The zero-order valence-electron chi connectivity index (χ0n) is 12.0. The van der Waals surface area contributed by atoms with Gasteiger partial charge in [0, 0.05) is 12.1 Å². The van der Waals surface area contributed by atoms with Crippen LogP contribution < -0.4 is 5.73 Å². The maximum absolute atomic E-state index is 5.62. The molecule has 0 aliphatic heterocycles. The Bertz CT molecular complexity index is 763. The molecular formula is C16H18N4. The lowest BCUT2D eigenvalue weighted by Crippen LogP contribution is -1.97. The van der Waals surface area contributed by atoms with E-state index in [1.807, 2.05) is 18.3 Å². The third-order valence-corrected chi connectivity index (χ3v) is 3.51. The Morgan fingerprint density at radius 2 is 1.80 bits per heavy atom. The highest BCUT2D eigenvalue weighted by Crippen LogP contribution is 2.26. The predicted molar refractivity (Wildman–Crippen MR) is 80.5 cm³/mol. The smallest absolute Gasteiger partial charge is 0.153 e. The standard InChI is InChI=1S/C16H18N4/c1-10-6-11(2)16(12(3)7-10)14-4-5-15-18-13(8-17)9-20(15)19-14/h4-7,9H,8,17H2,1-3H3. The molecule has 0 aliphatic carbocycles. The molecule has 2 heterocycles. The number of rotatable bonds is 2. The molecular weight excluding hydrogens is 248 g/mol.